The molecule has 2 aromatic carbocycles. The van der Waals surface area contributed by atoms with Crippen molar-refractivity contribution in [2.24, 2.45) is 5.92 Å². The Kier molecular flexibility index (Phi) is 7.52. The highest BCUT2D eigenvalue weighted by atomic mass is 35.5. The summed E-state index contributed by atoms with van der Waals surface area (Å²) in [7, 11) is -4.08. The summed E-state index contributed by atoms with van der Waals surface area (Å²) in [4.78, 5) is 12.4. The first-order valence-electron chi connectivity index (χ1n) is 10.3. The molecule has 1 unspecified atom stereocenters. The number of nitrogens with zero attached hydrogens (tertiary/aromatic N) is 1. The fraction of sp³-hybridized carbons (Fsp3) is 0.409. The molecule has 1 amide bonds. The van der Waals surface area contributed by atoms with Crippen LogP contribution in [0.1, 0.15) is 43.4 Å². The van der Waals surface area contributed by atoms with Gasteiger partial charge in [0.15, 0.2) is 0 Å². The molecule has 1 aliphatic rings. The highest BCUT2D eigenvalue weighted by molar-refractivity contribution is 7.89. The van der Waals surface area contributed by atoms with Gasteiger partial charge >= 0.3 is 6.18 Å². The van der Waals surface area contributed by atoms with Gasteiger partial charge in [-0.2, -0.15) is 17.5 Å². The third-order valence-electron chi connectivity index (χ3n) is 5.62. The molecule has 0 spiro atoms. The molecule has 1 heterocycles. The van der Waals surface area contributed by atoms with Crippen molar-refractivity contribution in [1.29, 1.82) is 0 Å². The van der Waals surface area contributed by atoms with Crippen LogP contribution >= 0.6 is 11.6 Å². The number of alkyl halides is 3. The maximum absolute atomic E-state index is 13.0. The zero-order valence-corrected chi connectivity index (χ0v) is 19.0. The van der Waals surface area contributed by atoms with E-state index < -0.39 is 26.7 Å². The molecule has 1 aliphatic heterocycles. The molecule has 3 rings (SSSR count). The van der Waals surface area contributed by atoms with Crippen LogP contribution in [0.3, 0.4) is 0 Å². The molecule has 0 saturated carbocycles. The van der Waals surface area contributed by atoms with Crippen molar-refractivity contribution in [1.82, 2.24) is 9.62 Å². The van der Waals surface area contributed by atoms with Gasteiger partial charge in [-0.1, -0.05) is 36.7 Å². The number of hydrogen-bond donors (Lipinski definition) is 1. The van der Waals surface area contributed by atoms with E-state index in [2.05, 4.69) is 5.32 Å². The quantitative estimate of drug-likeness (QED) is 0.620. The van der Waals surface area contributed by atoms with Crippen LogP contribution in [0.15, 0.2) is 53.4 Å². The second kappa shape index (κ2) is 9.80. The summed E-state index contributed by atoms with van der Waals surface area (Å²) in [6, 6.07) is 10.7. The molecule has 32 heavy (non-hydrogen) atoms. The average molecular weight is 489 g/mol. The average Bonchev–Trinajstić information content (AvgIpc) is 2.77. The first-order valence-corrected chi connectivity index (χ1v) is 12.1. The molecule has 0 bridgehead atoms. The van der Waals surface area contributed by atoms with Crippen LogP contribution in [-0.4, -0.2) is 31.7 Å². The van der Waals surface area contributed by atoms with E-state index in [4.69, 9.17) is 11.6 Å². The van der Waals surface area contributed by atoms with Gasteiger partial charge in [0, 0.05) is 24.0 Å². The third kappa shape index (κ3) is 5.63. The molecule has 0 aliphatic carbocycles. The number of amides is 1. The summed E-state index contributed by atoms with van der Waals surface area (Å²) < 4.78 is 65.7. The predicted molar refractivity (Wildman–Crippen MR) is 116 cm³/mol. The number of halogens is 4. The van der Waals surface area contributed by atoms with Gasteiger partial charge in [0.25, 0.3) is 0 Å². The molecule has 1 fully saturated rings. The minimum atomic E-state index is -4.63. The van der Waals surface area contributed by atoms with Crippen molar-refractivity contribution in [2.45, 2.75) is 43.3 Å². The first kappa shape index (κ1) is 24.5. The summed E-state index contributed by atoms with van der Waals surface area (Å²) in [5.74, 6) is -0.535. The molecule has 10 heteroatoms. The van der Waals surface area contributed by atoms with Crippen LogP contribution in [0.25, 0.3) is 0 Å². The van der Waals surface area contributed by atoms with Crippen LogP contribution in [-0.2, 0) is 21.0 Å². The Morgan fingerprint density at radius 2 is 1.78 bits per heavy atom. The van der Waals surface area contributed by atoms with Gasteiger partial charge in [-0.25, -0.2) is 8.42 Å². The van der Waals surface area contributed by atoms with Gasteiger partial charge in [-0.05, 0) is 55.2 Å². The summed E-state index contributed by atoms with van der Waals surface area (Å²) in [5.41, 5.74) is -0.0875. The van der Waals surface area contributed by atoms with Crippen molar-refractivity contribution in [3.05, 3.63) is 64.7 Å². The van der Waals surface area contributed by atoms with E-state index in [9.17, 15) is 26.4 Å². The van der Waals surface area contributed by atoms with E-state index in [0.29, 0.717) is 30.4 Å². The van der Waals surface area contributed by atoms with Crippen molar-refractivity contribution in [2.75, 3.05) is 13.1 Å². The topological polar surface area (TPSA) is 66.5 Å². The lowest BCUT2D eigenvalue weighted by Gasteiger charge is -2.31. The Hall–Kier alpha value is -2.10. The van der Waals surface area contributed by atoms with Crippen LogP contribution < -0.4 is 5.32 Å². The molecular formula is C22H24ClF3N2O3S. The molecule has 0 aromatic heterocycles. The molecule has 1 atom stereocenters. The maximum Gasteiger partial charge on any atom is 0.416 e. The number of sulfonamides is 1. The predicted octanol–water partition coefficient (Wildman–Crippen LogP) is 5.03. The minimum Gasteiger partial charge on any atom is -0.349 e. The fourth-order valence-corrected chi connectivity index (χ4v) is 5.39. The number of rotatable bonds is 6. The summed E-state index contributed by atoms with van der Waals surface area (Å²) >= 11 is 5.92. The number of benzene rings is 2. The third-order valence-corrected chi connectivity index (χ3v) is 7.77. The van der Waals surface area contributed by atoms with Crippen LogP contribution in [0.5, 0.6) is 0 Å². The van der Waals surface area contributed by atoms with Crippen molar-refractivity contribution in [3.63, 3.8) is 0 Å². The molecule has 174 valence electrons. The summed E-state index contributed by atoms with van der Waals surface area (Å²) in [5, 5.41) is 3.61. The Balaban J connectivity index is 1.64. The molecular weight excluding hydrogens is 465 g/mol. The van der Waals surface area contributed by atoms with Crippen LogP contribution in [0.2, 0.25) is 5.02 Å². The monoisotopic (exact) mass is 488 g/mol. The number of carbonyl (C=O) groups excluding carboxylic acids is 1. The summed E-state index contributed by atoms with van der Waals surface area (Å²) in [6.45, 7) is 2.08. The SMILES string of the molecule is CCC(NC(=O)C1CCN(S(=O)(=O)c2cccc(C(F)(F)F)c2)CC1)c1ccc(Cl)cc1. The van der Waals surface area contributed by atoms with E-state index >= 15 is 0 Å². The van der Waals surface area contributed by atoms with Crippen molar-refractivity contribution >= 4 is 27.5 Å². The van der Waals surface area contributed by atoms with Gasteiger partial charge in [-0.15, -0.1) is 0 Å². The smallest absolute Gasteiger partial charge is 0.349 e. The molecule has 1 N–H and O–H groups in total. The van der Waals surface area contributed by atoms with Crippen molar-refractivity contribution in [3.8, 4) is 0 Å². The maximum atomic E-state index is 13.0. The number of carbonyl (C=O) groups is 1. The Morgan fingerprint density at radius 1 is 1.16 bits per heavy atom. The first-order chi connectivity index (χ1) is 15.0. The highest BCUT2D eigenvalue weighted by Gasteiger charge is 2.35. The summed E-state index contributed by atoms with van der Waals surface area (Å²) in [6.07, 6.45) is -3.37. The lowest BCUT2D eigenvalue weighted by Crippen LogP contribution is -2.43. The van der Waals surface area contributed by atoms with E-state index in [1.807, 2.05) is 19.1 Å². The standard InChI is InChI=1S/C22H24ClF3N2O3S/c1-2-20(15-6-8-18(23)9-7-15)27-21(29)16-10-12-28(13-11-16)32(30,31)19-5-3-4-17(14-19)22(24,25)26/h3-9,14,16,20H,2,10-13H2,1H3,(H,27,29). The van der Waals surface area contributed by atoms with E-state index in [1.54, 1.807) is 12.1 Å². The lowest BCUT2D eigenvalue weighted by atomic mass is 9.96. The van der Waals surface area contributed by atoms with E-state index in [1.165, 1.54) is 0 Å². The zero-order valence-electron chi connectivity index (χ0n) is 17.4. The van der Waals surface area contributed by atoms with Gasteiger partial charge < -0.3 is 5.32 Å². The Bertz CT molecular complexity index is 1050. The molecule has 5 nitrogen and oxygen atoms in total. The van der Waals surface area contributed by atoms with Gasteiger partial charge in [0.05, 0.1) is 16.5 Å². The highest BCUT2D eigenvalue weighted by Crippen LogP contribution is 2.32. The second-order valence-corrected chi connectivity index (χ2v) is 10.1. The Labute approximate surface area is 190 Å². The lowest BCUT2D eigenvalue weighted by molar-refractivity contribution is -0.137. The number of piperidine rings is 1. The van der Waals surface area contributed by atoms with E-state index in [-0.39, 0.29) is 31.0 Å². The van der Waals surface area contributed by atoms with Crippen LogP contribution in [0.4, 0.5) is 13.2 Å². The van der Waals surface area contributed by atoms with Crippen molar-refractivity contribution < 1.29 is 26.4 Å². The molecule has 0 radical (unpaired) electrons. The fourth-order valence-electron chi connectivity index (χ4n) is 3.75. The molecule has 1 saturated heterocycles. The minimum absolute atomic E-state index is 0.0639. The largest absolute Gasteiger partial charge is 0.416 e. The molecule has 2 aromatic rings. The van der Waals surface area contributed by atoms with Crippen LogP contribution in [0, 0.1) is 5.92 Å². The normalized spacial score (nSPS) is 17.2. The number of hydrogen-bond acceptors (Lipinski definition) is 3. The number of nitrogens with one attached hydrogen (secondary N) is 1. The zero-order chi connectivity index (χ0) is 23.5. The van der Waals surface area contributed by atoms with E-state index in [0.717, 1.165) is 28.1 Å². The van der Waals surface area contributed by atoms with Gasteiger partial charge in [0.2, 0.25) is 15.9 Å². The van der Waals surface area contributed by atoms with Gasteiger partial charge in [-0.3, -0.25) is 4.79 Å². The second-order valence-electron chi connectivity index (χ2n) is 7.72. The van der Waals surface area contributed by atoms with Gasteiger partial charge in [0.1, 0.15) is 0 Å². The Morgan fingerprint density at radius 3 is 2.34 bits per heavy atom.